The van der Waals surface area contributed by atoms with E-state index in [0.29, 0.717) is 11.6 Å². The molecule has 0 spiro atoms. The minimum Gasteiger partial charge on any atom is -0.348 e. The van der Waals surface area contributed by atoms with Crippen LogP contribution in [0.2, 0.25) is 0 Å². The molecule has 1 fully saturated rings. The highest BCUT2D eigenvalue weighted by atomic mass is 16.1. The number of aromatic nitrogens is 2. The van der Waals surface area contributed by atoms with E-state index in [2.05, 4.69) is 29.0 Å². The molecule has 0 saturated heterocycles. The molecule has 2 atom stereocenters. The standard InChI is InChI=1S/C20H28N4O/c1-3-23(4-2)19-8-6-5-7-18(19)22-20(25)16-9-11-17(12-10-16)24-14-13-21-15-24/h9-15,18-19H,3-8H2,1-2H3,(H,22,25)/t18-,19-/m0/s1. The zero-order valence-electron chi connectivity index (χ0n) is 15.2. The Labute approximate surface area is 150 Å². The first kappa shape index (κ1) is 17.7. The van der Waals surface area contributed by atoms with Crippen LogP contribution in [0.1, 0.15) is 49.9 Å². The van der Waals surface area contributed by atoms with E-state index in [1.807, 2.05) is 35.0 Å². The molecule has 1 saturated carbocycles. The van der Waals surface area contributed by atoms with Crippen molar-refractivity contribution in [2.24, 2.45) is 0 Å². The second-order valence-electron chi connectivity index (χ2n) is 6.67. The fourth-order valence-electron chi connectivity index (χ4n) is 3.86. The number of rotatable bonds is 6. The normalized spacial score (nSPS) is 20.6. The van der Waals surface area contributed by atoms with E-state index >= 15 is 0 Å². The van der Waals surface area contributed by atoms with Crippen LogP contribution in [0.15, 0.2) is 43.0 Å². The summed E-state index contributed by atoms with van der Waals surface area (Å²) in [7, 11) is 0. The molecule has 1 aromatic carbocycles. The van der Waals surface area contributed by atoms with Crippen LogP contribution in [0.5, 0.6) is 0 Å². The van der Waals surface area contributed by atoms with Gasteiger partial charge in [0.25, 0.3) is 5.91 Å². The SMILES string of the molecule is CCN(CC)[C@H]1CCCC[C@@H]1NC(=O)c1ccc(-n2ccnc2)cc1. The topological polar surface area (TPSA) is 50.2 Å². The second-order valence-corrected chi connectivity index (χ2v) is 6.67. The van der Waals surface area contributed by atoms with Crippen molar-refractivity contribution in [1.29, 1.82) is 0 Å². The van der Waals surface area contributed by atoms with Gasteiger partial charge in [0, 0.05) is 35.7 Å². The van der Waals surface area contributed by atoms with Gasteiger partial charge in [-0.3, -0.25) is 9.69 Å². The predicted octanol–water partition coefficient (Wildman–Crippen LogP) is 3.26. The highest BCUT2D eigenvalue weighted by Gasteiger charge is 2.30. The lowest BCUT2D eigenvalue weighted by molar-refractivity contribution is 0.0846. The van der Waals surface area contributed by atoms with E-state index in [4.69, 9.17) is 0 Å². The van der Waals surface area contributed by atoms with Crippen LogP contribution in [-0.4, -0.2) is 45.5 Å². The van der Waals surface area contributed by atoms with Gasteiger partial charge in [0.05, 0.1) is 6.33 Å². The van der Waals surface area contributed by atoms with Gasteiger partial charge in [-0.05, 0) is 50.2 Å². The van der Waals surface area contributed by atoms with Crippen LogP contribution in [0, 0.1) is 0 Å². The van der Waals surface area contributed by atoms with E-state index in [9.17, 15) is 4.79 Å². The lowest BCUT2D eigenvalue weighted by Crippen LogP contribution is -2.53. The van der Waals surface area contributed by atoms with Crippen molar-refractivity contribution in [3.8, 4) is 5.69 Å². The predicted molar refractivity (Wildman–Crippen MR) is 100.0 cm³/mol. The van der Waals surface area contributed by atoms with Crippen molar-refractivity contribution in [3.05, 3.63) is 48.5 Å². The Hall–Kier alpha value is -2.14. The molecular weight excluding hydrogens is 312 g/mol. The minimum absolute atomic E-state index is 0.0289. The summed E-state index contributed by atoms with van der Waals surface area (Å²) in [6, 6.07) is 8.39. The second kappa shape index (κ2) is 8.30. The average Bonchev–Trinajstić information content (AvgIpc) is 3.19. The summed E-state index contributed by atoms with van der Waals surface area (Å²) in [5.74, 6) is 0.0289. The van der Waals surface area contributed by atoms with Crippen molar-refractivity contribution in [2.75, 3.05) is 13.1 Å². The van der Waals surface area contributed by atoms with Gasteiger partial charge in [0.1, 0.15) is 0 Å². The number of carbonyl (C=O) groups is 1. The Morgan fingerprint density at radius 1 is 1.20 bits per heavy atom. The molecule has 3 rings (SSSR count). The fourth-order valence-corrected chi connectivity index (χ4v) is 3.86. The molecule has 0 bridgehead atoms. The van der Waals surface area contributed by atoms with Crippen molar-refractivity contribution < 1.29 is 4.79 Å². The summed E-state index contributed by atoms with van der Waals surface area (Å²) in [5.41, 5.74) is 1.72. The molecule has 0 radical (unpaired) electrons. The number of carbonyl (C=O) groups excluding carboxylic acids is 1. The van der Waals surface area contributed by atoms with Gasteiger partial charge in [-0.25, -0.2) is 4.98 Å². The van der Waals surface area contributed by atoms with Crippen LogP contribution in [-0.2, 0) is 0 Å². The van der Waals surface area contributed by atoms with E-state index in [1.54, 1.807) is 12.5 Å². The van der Waals surface area contributed by atoms with Crippen molar-refractivity contribution >= 4 is 5.91 Å². The van der Waals surface area contributed by atoms with Crippen molar-refractivity contribution in [2.45, 2.75) is 51.6 Å². The third kappa shape index (κ3) is 4.10. The molecule has 25 heavy (non-hydrogen) atoms. The molecule has 5 nitrogen and oxygen atoms in total. The number of nitrogens with one attached hydrogen (secondary N) is 1. The maximum Gasteiger partial charge on any atom is 0.251 e. The van der Waals surface area contributed by atoms with Gasteiger partial charge in [-0.2, -0.15) is 0 Å². The average molecular weight is 340 g/mol. The summed E-state index contributed by atoms with van der Waals surface area (Å²) < 4.78 is 1.93. The Morgan fingerprint density at radius 3 is 2.56 bits per heavy atom. The first-order valence-electron chi connectivity index (χ1n) is 9.36. The van der Waals surface area contributed by atoms with E-state index < -0.39 is 0 Å². The zero-order chi connectivity index (χ0) is 17.6. The maximum atomic E-state index is 12.7. The molecule has 1 aromatic heterocycles. The number of imidazole rings is 1. The van der Waals surface area contributed by atoms with Crippen molar-refractivity contribution in [1.82, 2.24) is 19.8 Å². The summed E-state index contributed by atoms with van der Waals surface area (Å²) in [5, 5.41) is 3.29. The molecule has 0 unspecified atom stereocenters. The van der Waals surface area contributed by atoms with Gasteiger partial charge in [0.15, 0.2) is 0 Å². The highest BCUT2D eigenvalue weighted by Crippen LogP contribution is 2.23. The summed E-state index contributed by atoms with van der Waals surface area (Å²) in [6.07, 6.45) is 10.1. The van der Waals surface area contributed by atoms with Crippen LogP contribution < -0.4 is 5.32 Å². The molecule has 1 aliphatic carbocycles. The monoisotopic (exact) mass is 340 g/mol. The highest BCUT2D eigenvalue weighted by molar-refractivity contribution is 5.94. The molecule has 5 heteroatoms. The van der Waals surface area contributed by atoms with E-state index in [0.717, 1.165) is 25.2 Å². The van der Waals surface area contributed by atoms with Gasteiger partial charge in [-0.15, -0.1) is 0 Å². The Balaban J connectivity index is 1.68. The molecule has 2 aromatic rings. The van der Waals surface area contributed by atoms with Gasteiger partial charge >= 0.3 is 0 Å². The number of benzene rings is 1. The molecule has 134 valence electrons. The molecule has 1 amide bonds. The van der Waals surface area contributed by atoms with Crippen LogP contribution in [0.4, 0.5) is 0 Å². The third-order valence-corrected chi connectivity index (χ3v) is 5.26. The molecule has 0 aliphatic heterocycles. The summed E-state index contributed by atoms with van der Waals surface area (Å²) in [6.45, 7) is 6.47. The van der Waals surface area contributed by atoms with Crippen LogP contribution in [0.3, 0.4) is 0 Å². The first-order valence-corrected chi connectivity index (χ1v) is 9.36. The number of nitrogens with zero attached hydrogens (tertiary/aromatic N) is 3. The quantitative estimate of drug-likeness (QED) is 0.878. The lowest BCUT2D eigenvalue weighted by Gasteiger charge is -2.39. The minimum atomic E-state index is 0.0289. The van der Waals surface area contributed by atoms with Crippen molar-refractivity contribution in [3.63, 3.8) is 0 Å². The summed E-state index contributed by atoms with van der Waals surface area (Å²) >= 11 is 0. The molecular formula is C20H28N4O. The Kier molecular flexibility index (Phi) is 5.87. The fraction of sp³-hybridized carbons (Fsp3) is 0.500. The molecule has 1 aliphatic rings. The number of hydrogen-bond donors (Lipinski definition) is 1. The van der Waals surface area contributed by atoms with Gasteiger partial charge < -0.3 is 9.88 Å². The number of amides is 1. The van der Waals surface area contributed by atoms with E-state index in [1.165, 1.54) is 19.3 Å². The Bertz CT molecular complexity index is 662. The van der Waals surface area contributed by atoms with Crippen LogP contribution >= 0.6 is 0 Å². The van der Waals surface area contributed by atoms with Gasteiger partial charge in [0.2, 0.25) is 0 Å². The first-order chi connectivity index (χ1) is 12.2. The molecule has 1 heterocycles. The smallest absolute Gasteiger partial charge is 0.251 e. The maximum absolute atomic E-state index is 12.7. The number of hydrogen-bond acceptors (Lipinski definition) is 3. The van der Waals surface area contributed by atoms with E-state index in [-0.39, 0.29) is 11.9 Å². The number of likely N-dealkylation sites (N-methyl/N-ethyl adjacent to an activating group) is 1. The zero-order valence-corrected chi connectivity index (χ0v) is 15.2. The molecule has 1 N–H and O–H groups in total. The van der Waals surface area contributed by atoms with Gasteiger partial charge in [-0.1, -0.05) is 26.7 Å². The largest absolute Gasteiger partial charge is 0.348 e. The van der Waals surface area contributed by atoms with Crippen LogP contribution in [0.25, 0.3) is 5.69 Å². The lowest BCUT2D eigenvalue weighted by atomic mass is 9.88. The third-order valence-electron chi connectivity index (χ3n) is 5.26. The Morgan fingerprint density at radius 2 is 1.92 bits per heavy atom. The summed E-state index contributed by atoms with van der Waals surface area (Å²) in [4.78, 5) is 19.2.